The topological polar surface area (TPSA) is 98.7 Å². The maximum atomic E-state index is 14.1. The van der Waals surface area contributed by atoms with Gasteiger partial charge < -0.3 is 20.6 Å². The Morgan fingerprint density at radius 3 is 2.51 bits per heavy atom. The summed E-state index contributed by atoms with van der Waals surface area (Å²) in [5.74, 6) is -1.63. The third-order valence-corrected chi connectivity index (χ3v) is 11.6. The Hall–Kier alpha value is -2.07. The molecule has 3 saturated heterocycles. The number of aliphatic hydroxyl groups is 1. The van der Waals surface area contributed by atoms with Crippen LogP contribution in [0.4, 0.5) is 5.69 Å². The van der Waals surface area contributed by atoms with Crippen molar-refractivity contribution < 1.29 is 19.5 Å². The molecule has 0 aliphatic carbocycles. The SMILES string of the molecule is O=C(Nc1ccccc1Cl)C1N(CCCCCCO)C(=O)[C@@H]2[C@@H](C(=O)NCc3ccccc3)[C@@H]3SC12CC3Br. The Kier molecular flexibility index (Phi) is 8.91. The van der Waals surface area contributed by atoms with Gasteiger partial charge in [0.2, 0.25) is 17.7 Å². The first-order valence-electron chi connectivity index (χ1n) is 13.5. The van der Waals surface area contributed by atoms with Gasteiger partial charge in [0.05, 0.1) is 27.3 Å². The Bertz CT molecular complexity index is 1220. The van der Waals surface area contributed by atoms with Gasteiger partial charge in [0.25, 0.3) is 0 Å². The molecule has 5 rings (SSSR count). The van der Waals surface area contributed by atoms with Gasteiger partial charge in [-0.1, -0.05) is 82.8 Å². The van der Waals surface area contributed by atoms with Crippen LogP contribution >= 0.6 is 39.3 Å². The largest absolute Gasteiger partial charge is 0.396 e. The Morgan fingerprint density at radius 2 is 1.77 bits per heavy atom. The van der Waals surface area contributed by atoms with Crippen LogP contribution in [0.25, 0.3) is 0 Å². The van der Waals surface area contributed by atoms with Crippen LogP contribution < -0.4 is 10.6 Å². The molecular formula is C29H33BrClN3O4S. The molecule has 0 radical (unpaired) electrons. The zero-order valence-electron chi connectivity index (χ0n) is 21.5. The molecule has 1 spiro atoms. The Labute approximate surface area is 246 Å². The summed E-state index contributed by atoms with van der Waals surface area (Å²) in [4.78, 5) is 43.4. The molecule has 2 aromatic rings. The van der Waals surface area contributed by atoms with E-state index in [4.69, 9.17) is 16.7 Å². The fourth-order valence-corrected chi connectivity index (χ4v) is 10.2. The number of nitrogens with zero attached hydrogens (tertiary/aromatic N) is 1. The van der Waals surface area contributed by atoms with E-state index in [1.807, 2.05) is 30.3 Å². The number of likely N-dealkylation sites (tertiary alicyclic amines) is 1. The smallest absolute Gasteiger partial charge is 0.248 e. The lowest BCUT2D eigenvalue weighted by Crippen LogP contribution is -2.53. The average molecular weight is 635 g/mol. The number of halogens is 2. The molecule has 3 heterocycles. The lowest BCUT2D eigenvalue weighted by molar-refractivity contribution is -0.139. The van der Waals surface area contributed by atoms with Crippen molar-refractivity contribution >= 4 is 62.7 Å². The molecule has 3 fully saturated rings. The number of para-hydroxylation sites is 1. The predicted octanol–water partition coefficient (Wildman–Crippen LogP) is 4.61. The first-order valence-corrected chi connectivity index (χ1v) is 15.6. The summed E-state index contributed by atoms with van der Waals surface area (Å²) in [5.41, 5.74) is 1.50. The fourth-order valence-electron chi connectivity index (χ4n) is 6.38. The first-order chi connectivity index (χ1) is 18.9. The van der Waals surface area contributed by atoms with Crippen LogP contribution in [0, 0.1) is 11.8 Å². The van der Waals surface area contributed by atoms with Crippen molar-refractivity contribution in [2.75, 3.05) is 18.5 Å². The molecule has 208 valence electrons. The number of carbonyl (C=O) groups excluding carboxylic acids is 3. The van der Waals surface area contributed by atoms with Gasteiger partial charge in [-0.05, 0) is 37.0 Å². The molecular weight excluding hydrogens is 602 g/mol. The number of amides is 3. The van der Waals surface area contributed by atoms with E-state index in [1.165, 1.54) is 0 Å². The molecule has 10 heteroatoms. The zero-order chi connectivity index (χ0) is 27.6. The molecule has 3 N–H and O–H groups in total. The van der Waals surface area contributed by atoms with Crippen molar-refractivity contribution in [1.82, 2.24) is 10.2 Å². The number of aliphatic hydroxyl groups excluding tert-OH is 1. The van der Waals surface area contributed by atoms with E-state index >= 15 is 0 Å². The van der Waals surface area contributed by atoms with Crippen molar-refractivity contribution in [3.63, 3.8) is 0 Å². The summed E-state index contributed by atoms with van der Waals surface area (Å²) in [6.07, 6.45) is 3.76. The monoisotopic (exact) mass is 633 g/mol. The molecule has 39 heavy (non-hydrogen) atoms. The van der Waals surface area contributed by atoms with Gasteiger partial charge >= 0.3 is 0 Å². The Morgan fingerprint density at radius 1 is 1.05 bits per heavy atom. The van der Waals surface area contributed by atoms with Gasteiger partial charge in [0, 0.05) is 29.8 Å². The number of fused-ring (bicyclic) bond motifs is 1. The summed E-state index contributed by atoms with van der Waals surface area (Å²) in [6, 6.07) is 16.1. The van der Waals surface area contributed by atoms with E-state index in [-0.39, 0.29) is 34.4 Å². The number of hydrogen-bond acceptors (Lipinski definition) is 5. The lowest BCUT2D eigenvalue weighted by Gasteiger charge is -2.35. The molecule has 3 unspecified atom stereocenters. The summed E-state index contributed by atoms with van der Waals surface area (Å²) in [7, 11) is 0. The highest BCUT2D eigenvalue weighted by Gasteiger charge is 2.75. The number of unbranched alkanes of at least 4 members (excludes halogenated alkanes) is 3. The normalized spacial score (nSPS) is 28.9. The van der Waals surface area contributed by atoms with Crippen LogP contribution in [-0.4, -0.2) is 61.7 Å². The standard InChI is InChI=1S/C29H33BrClN3O4S/c30-19-16-29-23(22(24(19)39-29)26(36)32-17-18-10-4-3-5-11-18)28(38)34(14-8-1-2-9-15-35)25(29)27(37)33-21-13-7-6-12-20(21)31/h3-7,10-13,19,22-25,35H,1-2,8-9,14-17H2,(H,32,36)(H,33,37)/t19?,22-,23+,24-,25?,29?/m1/s1. The molecule has 3 aliphatic rings. The minimum absolute atomic E-state index is 0.0131. The van der Waals surface area contributed by atoms with Crippen molar-refractivity contribution in [1.29, 1.82) is 0 Å². The summed E-state index contributed by atoms with van der Waals surface area (Å²) in [5, 5.41) is 15.5. The van der Waals surface area contributed by atoms with E-state index in [2.05, 4.69) is 26.6 Å². The molecule has 2 bridgehead atoms. The van der Waals surface area contributed by atoms with Crippen LogP contribution in [0.1, 0.15) is 37.7 Å². The summed E-state index contributed by atoms with van der Waals surface area (Å²) in [6.45, 7) is 0.959. The average Bonchev–Trinajstić information content (AvgIpc) is 3.52. The molecule has 0 aromatic heterocycles. The maximum Gasteiger partial charge on any atom is 0.248 e. The van der Waals surface area contributed by atoms with Crippen LogP contribution in [0.5, 0.6) is 0 Å². The van der Waals surface area contributed by atoms with Gasteiger partial charge in [-0.3, -0.25) is 14.4 Å². The first kappa shape index (κ1) is 28.5. The quantitative estimate of drug-likeness (QED) is 0.248. The van der Waals surface area contributed by atoms with Crippen molar-refractivity contribution in [2.45, 2.75) is 59.5 Å². The van der Waals surface area contributed by atoms with Crippen molar-refractivity contribution in [3.05, 3.63) is 65.2 Å². The van der Waals surface area contributed by atoms with E-state index < -0.39 is 22.6 Å². The number of rotatable bonds is 11. The summed E-state index contributed by atoms with van der Waals surface area (Å²) < 4.78 is -0.707. The number of anilines is 1. The molecule has 3 aliphatic heterocycles. The van der Waals surface area contributed by atoms with Gasteiger partial charge in [-0.25, -0.2) is 0 Å². The minimum atomic E-state index is -0.717. The second-order valence-corrected chi connectivity index (χ2v) is 13.6. The second-order valence-electron chi connectivity index (χ2n) is 10.5. The fraction of sp³-hybridized carbons (Fsp3) is 0.483. The highest BCUT2D eigenvalue weighted by atomic mass is 79.9. The maximum absolute atomic E-state index is 14.1. The van der Waals surface area contributed by atoms with Crippen molar-refractivity contribution in [3.8, 4) is 0 Å². The molecule has 6 atom stereocenters. The van der Waals surface area contributed by atoms with Gasteiger partial charge in [-0.2, -0.15) is 0 Å². The zero-order valence-corrected chi connectivity index (χ0v) is 24.7. The van der Waals surface area contributed by atoms with E-state index in [1.54, 1.807) is 40.9 Å². The highest BCUT2D eigenvalue weighted by Crippen LogP contribution is 2.67. The van der Waals surface area contributed by atoms with E-state index in [0.717, 1.165) is 24.8 Å². The third-order valence-electron chi connectivity index (χ3n) is 8.09. The molecule has 0 saturated carbocycles. The number of thioether (sulfide) groups is 1. The third kappa shape index (κ3) is 5.47. The van der Waals surface area contributed by atoms with Crippen LogP contribution in [-0.2, 0) is 20.9 Å². The number of alkyl halides is 1. The molecule has 7 nitrogen and oxygen atoms in total. The van der Waals surface area contributed by atoms with Crippen LogP contribution in [0.15, 0.2) is 54.6 Å². The van der Waals surface area contributed by atoms with Crippen molar-refractivity contribution in [2.24, 2.45) is 11.8 Å². The van der Waals surface area contributed by atoms with E-state index in [9.17, 15) is 14.4 Å². The number of benzene rings is 2. The van der Waals surface area contributed by atoms with E-state index in [0.29, 0.717) is 36.6 Å². The van der Waals surface area contributed by atoms with Gasteiger partial charge in [0.1, 0.15) is 6.04 Å². The van der Waals surface area contributed by atoms with Crippen LogP contribution in [0.2, 0.25) is 5.02 Å². The lowest BCUT2D eigenvalue weighted by atomic mass is 9.70. The second kappa shape index (κ2) is 12.2. The molecule has 3 amide bonds. The molecule has 2 aromatic carbocycles. The number of hydrogen-bond donors (Lipinski definition) is 3. The predicted molar refractivity (Wildman–Crippen MR) is 158 cm³/mol. The van der Waals surface area contributed by atoms with Gasteiger partial charge in [-0.15, -0.1) is 11.8 Å². The number of carbonyl (C=O) groups is 3. The van der Waals surface area contributed by atoms with Gasteiger partial charge in [0.15, 0.2) is 0 Å². The number of nitrogens with one attached hydrogen (secondary N) is 2. The summed E-state index contributed by atoms with van der Waals surface area (Å²) >= 11 is 11.8. The minimum Gasteiger partial charge on any atom is -0.396 e. The highest BCUT2D eigenvalue weighted by molar-refractivity contribution is 9.09. The van der Waals surface area contributed by atoms with Crippen LogP contribution in [0.3, 0.4) is 0 Å². The Balaban J connectivity index is 1.42.